The molecule has 23 heavy (non-hydrogen) atoms. The van der Waals surface area contributed by atoms with E-state index < -0.39 is 10.0 Å². The van der Waals surface area contributed by atoms with Gasteiger partial charge in [-0.3, -0.25) is 4.79 Å². The van der Waals surface area contributed by atoms with Crippen LogP contribution in [-0.4, -0.2) is 20.4 Å². The third kappa shape index (κ3) is 5.62. The van der Waals surface area contributed by atoms with Crippen molar-refractivity contribution in [2.75, 3.05) is 5.32 Å². The molecule has 128 valence electrons. The summed E-state index contributed by atoms with van der Waals surface area (Å²) < 4.78 is 26.6. The monoisotopic (exact) mass is 338 g/mol. The van der Waals surface area contributed by atoms with E-state index in [0.29, 0.717) is 18.0 Å². The summed E-state index contributed by atoms with van der Waals surface area (Å²) >= 11 is 0. The molecule has 1 aromatic rings. The average Bonchev–Trinajstić information content (AvgIpc) is 2.47. The highest BCUT2D eigenvalue weighted by Gasteiger charge is 2.18. The molecule has 1 amide bonds. The van der Waals surface area contributed by atoms with Crippen LogP contribution in [0.15, 0.2) is 29.2 Å². The number of sulfonamides is 1. The molecule has 0 unspecified atom stereocenters. The zero-order chi connectivity index (χ0) is 16.9. The standard InChI is InChI=1S/C17H26N2O3S/c1-13(2)19-23(21,22)16-10-8-15(9-11-16)18-17(20)12-14-6-4-3-5-7-14/h8-11,13-14,19H,3-7,12H2,1-2H3,(H,18,20). The Labute approximate surface area is 138 Å². The number of carbonyl (C=O) groups excluding carboxylic acids is 1. The summed E-state index contributed by atoms with van der Waals surface area (Å²) in [5.74, 6) is 0.492. The second kappa shape index (κ2) is 7.93. The normalized spacial score (nSPS) is 16.5. The molecule has 1 saturated carbocycles. The van der Waals surface area contributed by atoms with E-state index in [2.05, 4.69) is 10.0 Å². The summed E-state index contributed by atoms with van der Waals surface area (Å²) in [4.78, 5) is 12.3. The van der Waals surface area contributed by atoms with Crippen LogP contribution in [0, 0.1) is 5.92 Å². The van der Waals surface area contributed by atoms with E-state index in [1.165, 1.54) is 31.4 Å². The minimum Gasteiger partial charge on any atom is -0.326 e. The van der Waals surface area contributed by atoms with Crippen LogP contribution in [0.2, 0.25) is 0 Å². The lowest BCUT2D eigenvalue weighted by Gasteiger charge is -2.20. The third-order valence-corrected chi connectivity index (χ3v) is 5.71. The minimum absolute atomic E-state index is 0.00723. The van der Waals surface area contributed by atoms with E-state index in [4.69, 9.17) is 0 Å². The summed E-state index contributed by atoms with van der Waals surface area (Å²) in [5, 5.41) is 2.85. The summed E-state index contributed by atoms with van der Waals surface area (Å²) in [5.41, 5.74) is 0.634. The fourth-order valence-electron chi connectivity index (χ4n) is 2.96. The van der Waals surface area contributed by atoms with Crippen molar-refractivity contribution in [1.82, 2.24) is 4.72 Å². The molecule has 6 heteroatoms. The smallest absolute Gasteiger partial charge is 0.240 e. The van der Waals surface area contributed by atoms with E-state index in [0.717, 1.165) is 12.8 Å². The first-order chi connectivity index (χ1) is 10.9. The predicted molar refractivity (Wildman–Crippen MR) is 91.7 cm³/mol. The van der Waals surface area contributed by atoms with Gasteiger partial charge in [-0.1, -0.05) is 19.3 Å². The number of hydrogen-bond acceptors (Lipinski definition) is 3. The predicted octanol–water partition coefficient (Wildman–Crippen LogP) is 3.28. The molecule has 2 N–H and O–H groups in total. The number of anilines is 1. The lowest BCUT2D eigenvalue weighted by atomic mass is 9.87. The van der Waals surface area contributed by atoms with Gasteiger partial charge in [-0.15, -0.1) is 0 Å². The van der Waals surface area contributed by atoms with Crippen LogP contribution in [0.25, 0.3) is 0 Å². The van der Waals surface area contributed by atoms with Crippen LogP contribution in [0.4, 0.5) is 5.69 Å². The topological polar surface area (TPSA) is 75.3 Å². The summed E-state index contributed by atoms with van der Waals surface area (Å²) in [7, 11) is -3.49. The van der Waals surface area contributed by atoms with Crippen molar-refractivity contribution in [3.05, 3.63) is 24.3 Å². The molecule has 0 saturated heterocycles. The number of benzene rings is 1. The molecule has 1 fully saturated rings. The Morgan fingerprint density at radius 2 is 1.74 bits per heavy atom. The number of amides is 1. The van der Waals surface area contributed by atoms with Crippen LogP contribution in [0.1, 0.15) is 52.4 Å². The Balaban J connectivity index is 1.93. The lowest BCUT2D eigenvalue weighted by molar-refractivity contribution is -0.117. The van der Waals surface area contributed by atoms with Gasteiger partial charge in [0.15, 0.2) is 0 Å². The molecule has 0 spiro atoms. The van der Waals surface area contributed by atoms with Crippen molar-refractivity contribution in [2.24, 2.45) is 5.92 Å². The van der Waals surface area contributed by atoms with Gasteiger partial charge in [0, 0.05) is 18.2 Å². The van der Waals surface area contributed by atoms with Gasteiger partial charge in [0.1, 0.15) is 0 Å². The lowest BCUT2D eigenvalue weighted by Crippen LogP contribution is -2.30. The number of nitrogens with one attached hydrogen (secondary N) is 2. The minimum atomic E-state index is -3.49. The number of hydrogen-bond donors (Lipinski definition) is 2. The molecular formula is C17H26N2O3S. The fourth-order valence-corrected chi connectivity index (χ4v) is 4.21. The quantitative estimate of drug-likeness (QED) is 0.836. The number of rotatable bonds is 6. The Hall–Kier alpha value is -1.40. The molecule has 1 aliphatic rings. The molecule has 1 aromatic carbocycles. The van der Waals surface area contributed by atoms with Gasteiger partial charge >= 0.3 is 0 Å². The van der Waals surface area contributed by atoms with Crippen molar-refractivity contribution in [3.8, 4) is 0 Å². The van der Waals surface area contributed by atoms with Gasteiger partial charge < -0.3 is 5.32 Å². The zero-order valence-electron chi connectivity index (χ0n) is 13.8. The molecule has 5 nitrogen and oxygen atoms in total. The van der Waals surface area contributed by atoms with E-state index in [9.17, 15) is 13.2 Å². The van der Waals surface area contributed by atoms with Gasteiger partial charge in [-0.05, 0) is 56.9 Å². The molecule has 0 bridgehead atoms. The Kier molecular flexibility index (Phi) is 6.18. The molecule has 0 heterocycles. The van der Waals surface area contributed by atoms with E-state index >= 15 is 0 Å². The maximum Gasteiger partial charge on any atom is 0.240 e. The maximum atomic E-state index is 12.1. The molecule has 1 aliphatic carbocycles. The molecule has 0 atom stereocenters. The highest BCUT2D eigenvalue weighted by molar-refractivity contribution is 7.89. The summed E-state index contributed by atoms with van der Waals surface area (Å²) in [6.07, 6.45) is 6.52. The summed E-state index contributed by atoms with van der Waals surface area (Å²) in [6, 6.07) is 6.14. The Morgan fingerprint density at radius 1 is 1.13 bits per heavy atom. The van der Waals surface area contributed by atoms with Crippen molar-refractivity contribution in [1.29, 1.82) is 0 Å². The van der Waals surface area contributed by atoms with Crippen molar-refractivity contribution in [2.45, 2.75) is 63.3 Å². The van der Waals surface area contributed by atoms with Crippen LogP contribution in [-0.2, 0) is 14.8 Å². The fraction of sp³-hybridized carbons (Fsp3) is 0.588. The van der Waals surface area contributed by atoms with E-state index in [-0.39, 0.29) is 16.8 Å². The first kappa shape index (κ1) is 17.9. The zero-order valence-corrected chi connectivity index (χ0v) is 14.7. The van der Waals surface area contributed by atoms with Crippen LogP contribution in [0.5, 0.6) is 0 Å². The Morgan fingerprint density at radius 3 is 2.30 bits per heavy atom. The van der Waals surface area contributed by atoms with Crippen molar-refractivity contribution < 1.29 is 13.2 Å². The van der Waals surface area contributed by atoms with Gasteiger partial charge in [-0.2, -0.15) is 0 Å². The number of carbonyl (C=O) groups is 1. The Bertz CT molecular complexity index is 618. The average molecular weight is 338 g/mol. The highest BCUT2D eigenvalue weighted by atomic mass is 32.2. The first-order valence-electron chi connectivity index (χ1n) is 8.29. The first-order valence-corrected chi connectivity index (χ1v) is 9.77. The van der Waals surface area contributed by atoms with Crippen molar-refractivity contribution >= 4 is 21.6 Å². The second-order valence-corrected chi connectivity index (χ2v) is 8.27. The van der Waals surface area contributed by atoms with Gasteiger partial charge in [0.25, 0.3) is 0 Å². The van der Waals surface area contributed by atoms with Gasteiger partial charge in [-0.25, -0.2) is 13.1 Å². The molecule has 0 aromatic heterocycles. The third-order valence-electron chi connectivity index (χ3n) is 4.04. The largest absolute Gasteiger partial charge is 0.326 e. The molecule has 0 radical (unpaired) electrons. The van der Waals surface area contributed by atoms with Crippen molar-refractivity contribution in [3.63, 3.8) is 0 Å². The highest BCUT2D eigenvalue weighted by Crippen LogP contribution is 2.26. The molecule has 0 aliphatic heterocycles. The van der Waals surface area contributed by atoms with Crippen LogP contribution < -0.4 is 10.0 Å². The maximum absolute atomic E-state index is 12.1. The van der Waals surface area contributed by atoms with Gasteiger partial charge in [0.05, 0.1) is 4.90 Å². The SMILES string of the molecule is CC(C)NS(=O)(=O)c1ccc(NC(=O)CC2CCCCC2)cc1. The van der Waals surface area contributed by atoms with E-state index in [1.54, 1.807) is 26.0 Å². The van der Waals surface area contributed by atoms with E-state index in [1.807, 2.05) is 0 Å². The summed E-state index contributed by atoms with van der Waals surface area (Å²) in [6.45, 7) is 3.55. The van der Waals surface area contributed by atoms with Gasteiger partial charge in [0.2, 0.25) is 15.9 Å². The van der Waals surface area contributed by atoms with Crippen LogP contribution >= 0.6 is 0 Å². The molecule has 2 rings (SSSR count). The van der Waals surface area contributed by atoms with Crippen LogP contribution in [0.3, 0.4) is 0 Å². The molecular weight excluding hydrogens is 312 g/mol. The second-order valence-electron chi connectivity index (χ2n) is 6.56.